The molecule has 0 N–H and O–H groups in total. The summed E-state index contributed by atoms with van der Waals surface area (Å²) in [7, 11) is 1.92. The van der Waals surface area contributed by atoms with E-state index >= 15 is 0 Å². The molecule has 0 fully saturated rings. The molecular weight excluding hydrogens is 226 g/mol. The van der Waals surface area contributed by atoms with Crippen molar-refractivity contribution in [1.82, 2.24) is 14.8 Å². The van der Waals surface area contributed by atoms with Gasteiger partial charge in [-0.05, 0) is 4.48 Å². The van der Waals surface area contributed by atoms with Crippen molar-refractivity contribution in [2.75, 3.05) is 5.75 Å². The van der Waals surface area contributed by atoms with E-state index in [-0.39, 0.29) is 0 Å². The van der Waals surface area contributed by atoms with E-state index in [9.17, 15) is 0 Å². The van der Waals surface area contributed by atoms with Crippen LogP contribution in [0.1, 0.15) is 0 Å². The van der Waals surface area contributed by atoms with Gasteiger partial charge in [-0.3, -0.25) is 0 Å². The first-order valence-electron chi connectivity index (χ1n) is 3.00. The van der Waals surface area contributed by atoms with Crippen LogP contribution >= 0.6 is 27.7 Å². The van der Waals surface area contributed by atoms with Gasteiger partial charge in [0.1, 0.15) is 6.33 Å². The molecule has 11 heavy (non-hydrogen) atoms. The average molecular weight is 234 g/mol. The van der Waals surface area contributed by atoms with Gasteiger partial charge in [0, 0.05) is 12.8 Å². The molecule has 0 aliphatic rings. The third-order valence-corrected chi connectivity index (χ3v) is 2.80. The molecule has 0 bridgehead atoms. The topological polar surface area (TPSA) is 30.7 Å². The van der Waals surface area contributed by atoms with E-state index in [0.717, 1.165) is 15.4 Å². The monoisotopic (exact) mass is 233 g/mol. The van der Waals surface area contributed by atoms with E-state index in [1.54, 1.807) is 18.1 Å². The van der Waals surface area contributed by atoms with Crippen molar-refractivity contribution in [3.05, 3.63) is 17.4 Å². The van der Waals surface area contributed by atoms with Gasteiger partial charge in [-0.2, -0.15) is 0 Å². The molecule has 0 saturated carbocycles. The van der Waals surface area contributed by atoms with Crippen LogP contribution in [0.2, 0.25) is 0 Å². The van der Waals surface area contributed by atoms with E-state index < -0.39 is 0 Å². The van der Waals surface area contributed by atoms with Crippen molar-refractivity contribution in [3.8, 4) is 0 Å². The molecule has 0 aliphatic heterocycles. The van der Waals surface area contributed by atoms with Crippen LogP contribution in [-0.2, 0) is 7.05 Å². The van der Waals surface area contributed by atoms with Gasteiger partial charge in [0.25, 0.3) is 0 Å². The van der Waals surface area contributed by atoms with Gasteiger partial charge in [0.05, 0.1) is 0 Å². The summed E-state index contributed by atoms with van der Waals surface area (Å²) in [5, 5.41) is 8.56. The van der Waals surface area contributed by atoms with Crippen molar-refractivity contribution >= 4 is 27.7 Å². The molecule has 1 aromatic heterocycles. The minimum absolute atomic E-state index is 0.826. The molecule has 0 unspecified atom stereocenters. The lowest BCUT2D eigenvalue weighted by atomic mass is 10.8. The SMILES string of the molecule is C=C(Br)CSc1nncn1C. The quantitative estimate of drug-likeness (QED) is 0.747. The number of halogens is 1. The summed E-state index contributed by atoms with van der Waals surface area (Å²) in [5.74, 6) is 0.826. The van der Waals surface area contributed by atoms with Crippen LogP contribution in [0.5, 0.6) is 0 Å². The highest BCUT2D eigenvalue weighted by Gasteiger charge is 2.00. The van der Waals surface area contributed by atoms with Crippen molar-refractivity contribution in [1.29, 1.82) is 0 Å². The number of nitrogens with zero attached hydrogens (tertiary/aromatic N) is 3. The van der Waals surface area contributed by atoms with E-state index in [2.05, 4.69) is 32.7 Å². The van der Waals surface area contributed by atoms with E-state index in [0.29, 0.717) is 0 Å². The molecule has 0 radical (unpaired) electrons. The second-order valence-corrected chi connectivity index (χ2v) is 4.09. The minimum atomic E-state index is 0.826. The summed E-state index contributed by atoms with van der Waals surface area (Å²) in [5.41, 5.74) is 0. The van der Waals surface area contributed by atoms with Crippen molar-refractivity contribution in [3.63, 3.8) is 0 Å². The number of hydrogen-bond donors (Lipinski definition) is 0. The van der Waals surface area contributed by atoms with E-state index in [1.807, 2.05) is 11.6 Å². The van der Waals surface area contributed by atoms with Gasteiger partial charge < -0.3 is 4.57 Å². The molecule has 0 amide bonds. The van der Waals surface area contributed by atoms with E-state index in [4.69, 9.17) is 0 Å². The summed E-state index contributed by atoms with van der Waals surface area (Å²) in [6.45, 7) is 3.72. The summed E-state index contributed by atoms with van der Waals surface area (Å²) in [4.78, 5) is 0. The molecular formula is C6H8BrN3S. The lowest BCUT2D eigenvalue weighted by molar-refractivity contribution is 0.789. The Balaban J connectivity index is 2.51. The predicted octanol–water partition coefficient (Wildman–Crippen LogP) is 1.82. The number of aromatic nitrogens is 3. The zero-order chi connectivity index (χ0) is 8.27. The van der Waals surface area contributed by atoms with Crippen LogP contribution in [0.15, 0.2) is 22.5 Å². The Morgan fingerprint density at radius 1 is 1.91 bits per heavy atom. The number of aryl methyl sites for hydroxylation is 1. The molecule has 1 rings (SSSR count). The van der Waals surface area contributed by atoms with Gasteiger partial charge in [-0.15, -0.1) is 10.2 Å². The molecule has 0 aliphatic carbocycles. The molecule has 0 atom stereocenters. The molecule has 0 aromatic carbocycles. The Labute approximate surface area is 78.0 Å². The fourth-order valence-corrected chi connectivity index (χ4v) is 1.53. The first-order valence-corrected chi connectivity index (χ1v) is 4.78. The zero-order valence-corrected chi connectivity index (χ0v) is 8.52. The maximum absolute atomic E-state index is 3.90. The first kappa shape index (κ1) is 8.80. The lowest BCUT2D eigenvalue weighted by Crippen LogP contribution is -1.89. The van der Waals surface area contributed by atoms with Crippen LogP contribution in [0.25, 0.3) is 0 Å². The third-order valence-electron chi connectivity index (χ3n) is 1.03. The van der Waals surface area contributed by atoms with Crippen LogP contribution in [-0.4, -0.2) is 20.5 Å². The molecule has 0 spiro atoms. The Bertz CT molecular complexity index is 258. The summed E-state index contributed by atoms with van der Waals surface area (Å²) in [6.07, 6.45) is 1.68. The molecule has 1 heterocycles. The Hall–Kier alpha value is -0.290. The summed E-state index contributed by atoms with van der Waals surface area (Å²) >= 11 is 4.88. The van der Waals surface area contributed by atoms with Crippen LogP contribution < -0.4 is 0 Å². The van der Waals surface area contributed by atoms with E-state index in [1.165, 1.54) is 0 Å². The fourth-order valence-electron chi connectivity index (χ4n) is 0.546. The largest absolute Gasteiger partial charge is 0.312 e. The van der Waals surface area contributed by atoms with Gasteiger partial charge in [-0.1, -0.05) is 34.3 Å². The molecule has 5 heteroatoms. The fraction of sp³-hybridized carbons (Fsp3) is 0.333. The van der Waals surface area contributed by atoms with Crippen molar-refractivity contribution in [2.45, 2.75) is 5.16 Å². The molecule has 60 valence electrons. The molecule has 0 saturated heterocycles. The van der Waals surface area contributed by atoms with Gasteiger partial charge in [0.15, 0.2) is 5.16 Å². The number of hydrogen-bond acceptors (Lipinski definition) is 3. The zero-order valence-electron chi connectivity index (χ0n) is 6.12. The predicted molar refractivity (Wildman–Crippen MR) is 49.8 cm³/mol. The average Bonchev–Trinajstić information content (AvgIpc) is 2.31. The first-order chi connectivity index (χ1) is 5.20. The summed E-state index contributed by atoms with van der Waals surface area (Å²) in [6, 6.07) is 0. The smallest absolute Gasteiger partial charge is 0.191 e. The van der Waals surface area contributed by atoms with Crippen molar-refractivity contribution in [2.24, 2.45) is 7.05 Å². The van der Waals surface area contributed by atoms with Crippen LogP contribution in [0.4, 0.5) is 0 Å². The minimum Gasteiger partial charge on any atom is -0.312 e. The highest BCUT2D eigenvalue weighted by molar-refractivity contribution is 9.11. The summed E-state index contributed by atoms with van der Waals surface area (Å²) < 4.78 is 2.84. The maximum atomic E-state index is 3.90. The van der Waals surface area contributed by atoms with Gasteiger partial charge >= 0.3 is 0 Å². The van der Waals surface area contributed by atoms with Gasteiger partial charge in [-0.25, -0.2) is 0 Å². The van der Waals surface area contributed by atoms with Gasteiger partial charge in [0.2, 0.25) is 0 Å². The number of rotatable bonds is 3. The highest BCUT2D eigenvalue weighted by Crippen LogP contribution is 2.18. The second-order valence-electron chi connectivity index (χ2n) is 2.03. The maximum Gasteiger partial charge on any atom is 0.191 e. The standard InChI is InChI=1S/C6H8BrN3S/c1-5(7)3-11-6-9-8-4-10(6)2/h4H,1,3H2,2H3. The second kappa shape index (κ2) is 3.92. The third kappa shape index (κ3) is 2.67. The Morgan fingerprint density at radius 3 is 3.09 bits per heavy atom. The Kier molecular flexibility index (Phi) is 3.14. The molecule has 3 nitrogen and oxygen atoms in total. The lowest BCUT2D eigenvalue weighted by Gasteiger charge is -1.96. The van der Waals surface area contributed by atoms with Crippen molar-refractivity contribution < 1.29 is 0 Å². The highest BCUT2D eigenvalue weighted by atomic mass is 79.9. The Morgan fingerprint density at radius 2 is 2.64 bits per heavy atom. The van der Waals surface area contributed by atoms with Crippen LogP contribution in [0, 0.1) is 0 Å². The molecule has 1 aromatic rings. The normalized spacial score (nSPS) is 10.0. The number of thioether (sulfide) groups is 1. The van der Waals surface area contributed by atoms with Crippen LogP contribution in [0.3, 0.4) is 0 Å².